The summed E-state index contributed by atoms with van der Waals surface area (Å²) in [5.41, 5.74) is 0. The van der Waals surface area contributed by atoms with Gasteiger partial charge in [-0.15, -0.1) is 0 Å². The summed E-state index contributed by atoms with van der Waals surface area (Å²) in [4.78, 5) is 0. The van der Waals surface area contributed by atoms with E-state index < -0.39 is 11.0 Å². The van der Waals surface area contributed by atoms with Crippen molar-refractivity contribution in [2.24, 2.45) is 0 Å². The van der Waals surface area contributed by atoms with Gasteiger partial charge in [0, 0.05) is 22.4 Å². The number of hydrogen-bond acceptors (Lipinski definition) is 3. The third-order valence-electron chi connectivity index (χ3n) is 0.297. The zero-order valence-corrected chi connectivity index (χ0v) is 6.93. The van der Waals surface area contributed by atoms with Gasteiger partial charge in [-0.1, -0.05) is 0 Å². The second-order valence-electron chi connectivity index (χ2n) is 1.38. The minimum absolute atomic E-state index is 0. The fourth-order valence-electron chi connectivity index (χ4n) is 0.172. The van der Waals surface area contributed by atoms with Gasteiger partial charge < -0.3 is 0 Å². The summed E-state index contributed by atoms with van der Waals surface area (Å²) in [7, 11) is -2.64. The van der Waals surface area contributed by atoms with E-state index in [1.165, 1.54) is 0 Å². The van der Waals surface area contributed by atoms with E-state index in [1.807, 2.05) is 0 Å². The number of hydrogen-bond donors (Lipinski definition) is 1. The molecule has 0 saturated heterocycles. The summed E-state index contributed by atoms with van der Waals surface area (Å²) in [5.74, 6) is 0. The summed E-state index contributed by atoms with van der Waals surface area (Å²) in [6.45, 7) is 3.32. The van der Waals surface area contributed by atoms with Gasteiger partial charge in [0.15, 0.2) is 0 Å². The average molecular weight is 232 g/mol. The van der Waals surface area contributed by atoms with Gasteiger partial charge in [-0.25, -0.2) is 8.42 Å². The molecule has 0 N–H and O–H groups in total. The molecule has 0 heterocycles. The van der Waals surface area contributed by atoms with E-state index in [9.17, 15) is 8.42 Å². The van der Waals surface area contributed by atoms with Crippen LogP contribution in [0.4, 0.5) is 0 Å². The molecule has 0 aliphatic rings. The second kappa shape index (κ2) is 5.78. The Morgan fingerprint density at radius 1 is 1.38 bits per heavy atom. The zero-order chi connectivity index (χ0) is 5.86. The smallest absolute Gasteiger partial charge is 0.257 e. The molecule has 0 spiro atoms. The first-order valence-electron chi connectivity index (χ1n) is 1.94. The summed E-state index contributed by atoms with van der Waals surface area (Å²) in [6.07, 6.45) is -0.221. The maximum atomic E-state index is 9.62. The van der Waals surface area contributed by atoms with Gasteiger partial charge in [-0.3, -0.25) is 4.18 Å². The van der Waals surface area contributed by atoms with Gasteiger partial charge >= 0.3 is 0 Å². The molecule has 5 heteroatoms. The van der Waals surface area contributed by atoms with Crippen molar-refractivity contribution in [1.29, 1.82) is 0 Å². The molecule has 0 rings (SSSR count). The van der Waals surface area contributed by atoms with Crippen molar-refractivity contribution in [3.63, 3.8) is 0 Å². The van der Waals surface area contributed by atoms with Crippen LogP contribution in [0, 0.1) is 0 Å². The van der Waals surface area contributed by atoms with E-state index in [1.54, 1.807) is 13.8 Å². The molecule has 0 saturated carbocycles. The van der Waals surface area contributed by atoms with Crippen molar-refractivity contribution in [2.75, 3.05) is 0 Å². The van der Waals surface area contributed by atoms with E-state index in [0.717, 1.165) is 0 Å². The van der Waals surface area contributed by atoms with Gasteiger partial charge in [-0.2, -0.15) is 0 Å². The molecule has 1 radical (unpaired) electrons. The Hall–Kier alpha value is 0.650. The van der Waals surface area contributed by atoms with E-state index in [0.29, 0.717) is 0 Å². The molecule has 0 fully saturated rings. The van der Waals surface area contributed by atoms with Crippen LogP contribution in [0.1, 0.15) is 13.8 Å². The summed E-state index contributed by atoms with van der Waals surface area (Å²) < 4.78 is 23.5. The van der Waals surface area contributed by atoms with Crippen LogP contribution in [-0.2, 0) is 37.5 Å². The van der Waals surface area contributed by atoms with Crippen molar-refractivity contribution >= 4 is 11.0 Å². The normalized spacial score (nSPS) is 9.50. The maximum Gasteiger partial charge on any atom is 0.257 e. The van der Waals surface area contributed by atoms with E-state index in [2.05, 4.69) is 4.18 Å². The predicted octanol–water partition coefficient (Wildman–Crippen LogP) is -0.0647. The maximum absolute atomic E-state index is 9.62. The quantitative estimate of drug-likeness (QED) is 0.535. The molecule has 0 aliphatic carbocycles. The van der Waals surface area contributed by atoms with Gasteiger partial charge in [0.2, 0.25) is 0 Å². The van der Waals surface area contributed by atoms with Crippen molar-refractivity contribution in [1.82, 2.24) is 0 Å². The minimum atomic E-state index is -2.64. The van der Waals surface area contributed by atoms with Crippen LogP contribution in [0.25, 0.3) is 0 Å². The van der Waals surface area contributed by atoms with Crippen molar-refractivity contribution in [3.8, 4) is 0 Å². The topological polar surface area (TPSA) is 43.4 Å². The van der Waals surface area contributed by atoms with Gasteiger partial charge in [0.25, 0.3) is 11.0 Å². The number of rotatable bonds is 2. The molecule has 0 aromatic carbocycles. The Labute approximate surface area is 66.1 Å². The third-order valence-corrected chi connectivity index (χ3v) is 0.891. The standard InChI is InChI=1S/C3H8O3S.Ag/c1-3(2)6-7(4)5;/h3,7H,1-2H3;. The molecular formula is C3H8AgO3S. The largest absolute Gasteiger partial charge is 0.269 e. The molecule has 0 aliphatic heterocycles. The fourth-order valence-corrected chi connectivity index (χ4v) is 0.516. The molecule has 0 aromatic heterocycles. The Morgan fingerprint density at radius 3 is 1.75 bits per heavy atom. The molecule has 0 amide bonds. The first kappa shape index (κ1) is 11.4. The summed E-state index contributed by atoms with van der Waals surface area (Å²) >= 11 is 0. The molecule has 0 bridgehead atoms. The van der Waals surface area contributed by atoms with Crippen LogP contribution >= 0.6 is 0 Å². The van der Waals surface area contributed by atoms with Crippen LogP contribution < -0.4 is 0 Å². The Bertz CT molecular complexity index is 101. The third kappa shape index (κ3) is 9.82. The predicted molar refractivity (Wildman–Crippen MR) is 26.5 cm³/mol. The van der Waals surface area contributed by atoms with Crippen LogP contribution in [0.3, 0.4) is 0 Å². The monoisotopic (exact) mass is 231 g/mol. The zero-order valence-electron chi connectivity index (χ0n) is 4.55. The Balaban J connectivity index is 0. The van der Waals surface area contributed by atoms with E-state index >= 15 is 0 Å². The van der Waals surface area contributed by atoms with E-state index in [-0.39, 0.29) is 28.5 Å². The van der Waals surface area contributed by atoms with Crippen molar-refractivity contribution in [2.45, 2.75) is 20.0 Å². The van der Waals surface area contributed by atoms with Gasteiger partial charge in [0.05, 0.1) is 6.10 Å². The van der Waals surface area contributed by atoms with Crippen molar-refractivity contribution < 1.29 is 35.0 Å². The van der Waals surface area contributed by atoms with Crippen LogP contribution in [0.5, 0.6) is 0 Å². The second-order valence-corrected chi connectivity index (χ2v) is 2.04. The van der Waals surface area contributed by atoms with Crippen LogP contribution in [0.2, 0.25) is 0 Å². The summed E-state index contributed by atoms with van der Waals surface area (Å²) in [6, 6.07) is 0. The van der Waals surface area contributed by atoms with Crippen molar-refractivity contribution in [3.05, 3.63) is 0 Å². The molecule has 0 unspecified atom stereocenters. The van der Waals surface area contributed by atoms with Gasteiger partial charge in [-0.05, 0) is 13.8 Å². The Kier molecular flexibility index (Phi) is 8.27. The SMILES string of the molecule is CC(C)O[SH](=O)=O.[Ag]. The minimum Gasteiger partial charge on any atom is -0.269 e. The summed E-state index contributed by atoms with van der Waals surface area (Å²) in [5, 5.41) is 0. The average Bonchev–Trinajstić information content (AvgIpc) is 1.27. The fraction of sp³-hybridized carbons (Fsp3) is 1.00. The Morgan fingerprint density at radius 2 is 1.75 bits per heavy atom. The van der Waals surface area contributed by atoms with Crippen LogP contribution in [0.15, 0.2) is 0 Å². The first-order chi connectivity index (χ1) is 3.13. The van der Waals surface area contributed by atoms with Crippen LogP contribution in [-0.4, -0.2) is 14.5 Å². The molecule has 0 aromatic rings. The number of thiol groups is 1. The molecule has 3 nitrogen and oxygen atoms in total. The molecule has 55 valence electrons. The first-order valence-corrected chi connectivity index (χ1v) is 3.03. The molecule has 8 heavy (non-hydrogen) atoms. The van der Waals surface area contributed by atoms with Gasteiger partial charge in [0.1, 0.15) is 0 Å². The van der Waals surface area contributed by atoms with E-state index in [4.69, 9.17) is 0 Å². The molecule has 0 atom stereocenters. The molecular weight excluding hydrogens is 224 g/mol.